The molecule has 12 nitrogen and oxygen atoms in total. The van der Waals surface area contributed by atoms with Crippen LogP contribution in [0, 0.1) is 63.1 Å². The lowest BCUT2D eigenvalue weighted by molar-refractivity contribution is -0.211. The second-order valence-electron chi connectivity index (χ2n) is 24.5. The van der Waals surface area contributed by atoms with Crippen molar-refractivity contribution in [3.8, 4) is 0 Å². The monoisotopic (exact) mass is 1020 g/mol. The average Bonchev–Trinajstić information content (AvgIpc) is 3.66. The number of rotatable bonds is 12. The van der Waals surface area contributed by atoms with Crippen LogP contribution in [0.2, 0.25) is 0 Å². The third kappa shape index (κ3) is 14.0. The van der Waals surface area contributed by atoms with Gasteiger partial charge in [0.05, 0.1) is 22.7 Å². The fourth-order valence-corrected chi connectivity index (χ4v) is 14.9. The first-order valence-corrected chi connectivity index (χ1v) is 28.9. The number of hydrogen-bond acceptors (Lipinski definition) is 12. The molecule has 0 amide bonds. The van der Waals surface area contributed by atoms with Gasteiger partial charge in [-0.05, 0) is 198 Å². The summed E-state index contributed by atoms with van der Waals surface area (Å²) in [5, 5.41) is 0. The zero-order valence-corrected chi connectivity index (χ0v) is 45.0. The Hall–Kier alpha value is -2.40. The molecule has 17 heteroatoms. The topological polar surface area (TPSA) is 179 Å². The van der Waals surface area contributed by atoms with E-state index in [1.165, 1.54) is 70.6 Å². The molecule has 10 rings (SSSR count). The van der Waals surface area contributed by atoms with Gasteiger partial charge in [-0.25, -0.2) is 8.42 Å². The molecule has 0 spiro atoms. The minimum atomic E-state index is -6.09. The van der Waals surface area contributed by atoms with Crippen molar-refractivity contribution in [2.75, 3.05) is 23.9 Å². The van der Waals surface area contributed by atoms with Gasteiger partial charge < -0.3 is 23.5 Å². The molecule has 0 N–H and O–H groups in total. The quantitative estimate of drug-likeness (QED) is 0.0595. The molecule has 1 unspecified atom stereocenters. The molecule has 10 fully saturated rings. The largest absolute Gasteiger partial charge is 0.741 e. The summed E-state index contributed by atoms with van der Waals surface area (Å²) >= 11 is 0. The third-order valence-electron chi connectivity index (χ3n) is 17.9. The molecular formula is C52H83F3O12S2. The molecule has 2 aliphatic heterocycles. The minimum Gasteiger partial charge on any atom is -0.741 e. The first kappa shape index (κ1) is 57.5. The average molecular weight is 1020 g/mol. The Morgan fingerprint density at radius 1 is 0.681 bits per heavy atom. The molecule has 2 heterocycles. The number of hydrogen-bond donors (Lipinski definition) is 0. The lowest BCUT2D eigenvalue weighted by Gasteiger charge is -2.59. The van der Waals surface area contributed by atoms with Crippen LogP contribution >= 0.6 is 0 Å². The van der Waals surface area contributed by atoms with Gasteiger partial charge in [0.1, 0.15) is 35.4 Å². The van der Waals surface area contributed by atoms with Crippen LogP contribution < -0.4 is 0 Å². The van der Waals surface area contributed by atoms with Gasteiger partial charge in [0.25, 0.3) is 0 Å². The highest BCUT2D eigenvalue weighted by Crippen LogP contribution is 2.61. The van der Waals surface area contributed by atoms with Crippen LogP contribution in [0.5, 0.6) is 0 Å². The maximum absolute atomic E-state index is 13.4. The van der Waals surface area contributed by atoms with Gasteiger partial charge in [-0.2, -0.15) is 13.2 Å². The number of ether oxygens (including phenoxy) is 4. The van der Waals surface area contributed by atoms with Crippen LogP contribution in [-0.4, -0.2) is 89.3 Å². The van der Waals surface area contributed by atoms with E-state index in [1.54, 1.807) is 0 Å². The van der Waals surface area contributed by atoms with Gasteiger partial charge >= 0.3 is 29.4 Å². The SMILES string of the molecule is CCC(C)(C)C(=O)OC1(C)C2CC3CC(C2)CC1C3.CCC(C)(C)C(=O)OC1(C)CC[S+](CC(=O)C23CC4CC(CC(C4)C2)C3)CC1.CCC(C)(C)C(=O)OC1COC(=O)C1.O=S(=O)([O-])C(F)(F)F. The summed E-state index contributed by atoms with van der Waals surface area (Å²) in [6, 6.07) is 0. The highest BCUT2D eigenvalue weighted by atomic mass is 32.2. The van der Waals surface area contributed by atoms with Crippen LogP contribution in [0.1, 0.15) is 185 Å². The smallest absolute Gasteiger partial charge is 0.485 e. The Balaban J connectivity index is 0.000000188. The maximum Gasteiger partial charge on any atom is 0.485 e. The van der Waals surface area contributed by atoms with Crippen LogP contribution in [0.15, 0.2) is 0 Å². The van der Waals surface area contributed by atoms with Crippen molar-refractivity contribution < 1.29 is 69.1 Å². The number of esters is 4. The predicted octanol–water partition coefficient (Wildman–Crippen LogP) is 10.4. The minimum absolute atomic E-state index is 0.0185. The summed E-state index contributed by atoms with van der Waals surface area (Å²) in [5.41, 5.74) is -7.32. The summed E-state index contributed by atoms with van der Waals surface area (Å²) < 4.78 is 80.9. The second kappa shape index (κ2) is 21.6. The molecule has 10 aliphatic rings. The first-order chi connectivity index (χ1) is 31.7. The number of ketones is 1. The zero-order valence-electron chi connectivity index (χ0n) is 43.3. The molecule has 396 valence electrons. The van der Waals surface area contributed by atoms with Gasteiger partial charge in [0.2, 0.25) is 0 Å². The number of carbonyl (C=O) groups is 5. The van der Waals surface area contributed by atoms with E-state index in [0.717, 1.165) is 72.5 Å². The summed E-state index contributed by atoms with van der Waals surface area (Å²) in [6.07, 6.45) is 18.4. The fourth-order valence-electron chi connectivity index (χ4n) is 12.3. The summed E-state index contributed by atoms with van der Waals surface area (Å²) in [6.45, 7) is 22.2. The number of carbonyl (C=O) groups excluding carboxylic acids is 5. The molecule has 0 radical (unpaired) electrons. The number of alkyl halides is 3. The van der Waals surface area contributed by atoms with E-state index in [1.807, 2.05) is 55.4 Å². The first-order valence-electron chi connectivity index (χ1n) is 25.7. The van der Waals surface area contributed by atoms with Crippen molar-refractivity contribution in [3.05, 3.63) is 0 Å². The highest BCUT2D eigenvalue weighted by Gasteiger charge is 2.58. The Morgan fingerprint density at radius 2 is 1.07 bits per heavy atom. The van der Waals surface area contributed by atoms with E-state index in [4.69, 9.17) is 31.9 Å². The lowest BCUT2D eigenvalue weighted by atomic mass is 9.48. The van der Waals surface area contributed by atoms with Crippen molar-refractivity contribution >= 4 is 50.7 Å². The summed E-state index contributed by atoms with van der Waals surface area (Å²) in [4.78, 5) is 60.7. The molecule has 0 aromatic carbocycles. The van der Waals surface area contributed by atoms with Crippen LogP contribution in [0.3, 0.4) is 0 Å². The maximum atomic E-state index is 13.4. The summed E-state index contributed by atoms with van der Waals surface area (Å²) in [5.74, 6) is 8.53. The fraction of sp³-hybridized carbons (Fsp3) is 0.904. The van der Waals surface area contributed by atoms with Crippen molar-refractivity contribution in [1.82, 2.24) is 0 Å². The molecule has 69 heavy (non-hydrogen) atoms. The predicted molar refractivity (Wildman–Crippen MR) is 256 cm³/mol. The van der Waals surface area contributed by atoms with Gasteiger partial charge in [-0.15, -0.1) is 0 Å². The van der Waals surface area contributed by atoms with Crippen LogP contribution in [0.4, 0.5) is 13.2 Å². The van der Waals surface area contributed by atoms with Crippen molar-refractivity contribution in [2.45, 2.75) is 208 Å². The van der Waals surface area contributed by atoms with Gasteiger partial charge in [-0.1, -0.05) is 20.8 Å². The van der Waals surface area contributed by atoms with Crippen LogP contribution in [-0.2, 0) is 63.9 Å². The number of Topliss-reactive ketones (excluding diaryl/α,β-unsaturated/α-hetero) is 1. The summed E-state index contributed by atoms with van der Waals surface area (Å²) in [7, 11) is -5.90. The highest BCUT2D eigenvalue weighted by molar-refractivity contribution is 7.97. The van der Waals surface area contributed by atoms with E-state index in [0.29, 0.717) is 24.0 Å². The normalized spacial score (nSPS) is 35.5. The standard InChI is InChI=1S/C24H39O3S.C17H28O2.C10H16O4.CHF3O3S/c1-5-22(2,3)21(26)27-23(4)6-8-28(9-7-23)16-20(25)24-13-17-10-18(14-24)12-19(11-17)15-24;1-5-16(2,3)15(18)19-17(4)13-7-11-6-12(9-13)10-14(17)8-11;1-4-10(2,3)9(12)14-7-5-8(11)13-6-7;2-1(3,4)8(5,6)7/h17-19H,5-16H2,1-4H3;11-14H,5-10H2,1-4H3;7H,4-6H2,1-3H3;(H,5,6,7)/q+1;;;/p-1. The van der Waals surface area contributed by atoms with Crippen molar-refractivity contribution in [1.29, 1.82) is 0 Å². The van der Waals surface area contributed by atoms with Gasteiger partial charge in [0, 0.05) is 18.3 Å². The van der Waals surface area contributed by atoms with E-state index in [-0.39, 0.29) is 75.9 Å². The lowest BCUT2D eigenvalue weighted by Crippen LogP contribution is -2.58. The van der Waals surface area contributed by atoms with Crippen LogP contribution in [0.25, 0.3) is 0 Å². The molecule has 0 aromatic rings. The molecular weight excluding hydrogens is 938 g/mol. The molecule has 8 saturated carbocycles. The van der Waals surface area contributed by atoms with E-state index >= 15 is 0 Å². The Bertz CT molecular complexity index is 1910. The molecule has 8 aliphatic carbocycles. The number of halogens is 3. The zero-order chi connectivity index (χ0) is 51.8. The Kier molecular flexibility index (Phi) is 18.0. The molecule has 8 bridgehead atoms. The Labute approximate surface area is 413 Å². The third-order valence-corrected chi connectivity index (χ3v) is 20.7. The van der Waals surface area contributed by atoms with Gasteiger partial charge in [0.15, 0.2) is 21.7 Å². The van der Waals surface area contributed by atoms with Crippen molar-refractivity contribution in [3.63, 3.8) is 0 Å². The van der Waals surface area contributed by atoms with Crippen molar-refractivity contribution in [2.24, 2.45) is 63.1 Å². The second-order valence-corrected chi connectivity index (χ2v) is 28.2. The molecule has 2 saturated heterocycles. The van der Waals surface area contributed by atoms with E-state index < -0.39 is 26.5 Å². The number of cyclic esters (lactones) is 1. The Morgan fingerprint density at radius 3 is 1.45 bits per heavy atom. The van der Waals surface area contributed by atoms with E-state index in [2.05, 4.69) is 20.8 Å². The van der Waals surface area contributed by atoms with E-state index in [9.17, 15) is 37.1 Å². The molecule has 0 aromatic heterocycles. The van der Waals surface area contributed by atoms with Gasteiger partial charge in [-0.3, -0.25) is 24.0 Å². The molecule has 1 atom stereocenters.